The standard InChI is InChI=1S/C26H48/c1-3-5-6-9-21-12-14-23(15-13-21)24-16-18-25(19-17-24)26-11-7-10-22(20-26)8-4-2/h21-26H,3-20H2,1-2H3/t21?,22-,23?,24?,25?,26+/m0/s1. The summed E-state index contributed by atoms with van der Waals surface area (Å²) in [4.78, 5) is 0. The van der Waals surface area contributed by atoms with Crippen molar-refractivity contribution < 1.29 is 0 Å². The van der Waals surface area contributed by atoms with Crippen molar-refractivity contribution in [2.45, 2.75) is 129 Å². The van der Waals surface area contributed by atoms with Gasteiger partial charge in [-0.15, -0.1) is 0 Å². The van der Waals surface area contributed by atoms with E-state index in [1.54, 1.807) is 70.6 Å². The maximum Gasteiger partial charge on any atom is -0.0383 e. The molecule has 3 aliphatic carbocycles. The second-order valence-electron chi connectivity index (χ2n) is 10.5. The van der Waals surface area contributed by atoms with Crippen LogP contribution in [0.3, 0.4) is 0 Å². The van der Waals surface area contributed by atoms with Crippen molar-refractivity contribution in [2.24, 2.45) is 35.5 Å². The van der Waals surface area contributed by atoms with Crippen LogP contribution in [0.25, 0.3) is 0 Å². The predicted octanol–water partition coefficient (Wildman–Crippen LogP) is 8.79. The number of rotatable bonds is 8. The lowest BCUT2D eigenvalue weighted by Crippen LogP contribution is -2.30. The van der Waals surface area contributed by atoms with Crippen LogP contribution in [-0.4, -0.2) is 0 Å². The van der Waals surface area contributed by atoms with Gasteiger partial charge in [0.25, 0.3) is 0 Å². The van der Waals surface area contributed by atoms with Crippen LogP contribution in [-0.2, 0) is 0 Å². The molecule has 0 N–H and O–H groups in total. The van der Waals surface area contributed by atoms with Crippen molar-refractivity contribution in [1.29, 1.82) is 0 Å². The van der Waals surface area contributed by atoms with E-state index in [2.05, 4.69) is 13.8 Å². The second kappa shape index (κ2) is 11.1. The average Bonchev–Trinajstić information content (AvgIpc) is 2.69. The Balaban J connectivity index is 1.35. The van der Waals surface area contributed by atoms with Crippen LogP contribution >= 0.6 is 0 Å². The molecule has 0 aromatic rings. The summed E-state index contributed by atoms with van der Waals surface area (Å²) >= 11 is 0. The highest BCUT2D eigenvalue weighted by Crippen LogP contribution is 2.46. The molecule has 0 radical (unpaired) electrons. The third-order valence-corrected chi connectivity index (χ3v) is 8.78. The van der Waals surface area contributed by atoms with E-state index in [0.717, 1.165) is 35.5 Å². The molecule has 2 atom stereocenters. The fourth-order valence-electron chi connectivity index (χ4n) is 7.15. The molecule has 0 heterocycles. The molecule has 0 aromatic heterocycles. The maximum atomic E-state index is 2.38. The topological polar surface area (TPSA) is 0 Å². The first kappa shape index (κ1) is 20.7. The Morgan fingerprint density at radius 2 is 1.12 bits per heavy atom. The summed E-state index contributed by atoms with van der Waals surface area (Å²) in [7, 11) is 0. The Labute approximate surface area is 165 Å². The first-order valence-corrected chi connectivity index (χ1v) is 12.8. The number of hydrogen-bond acceptors (Lipinski definition) is 0. The summed E-state index contributed by atoms with van der Waals surface area (Å²) in [5.41, 5.74) is 0. The lowest BCUT2D eigenvalue weighted by Gasteiger charge is -2.41. The summed E-state index contributed by atoms with van der Waals surface area (Å²) in [6.45, 7) is 4.72. The van der Waals surface area contributed by atoms with E-state index in [4.69, 9.17) is 0 Å². The Bertz CT molecular complexity index is 354. The van der Waals surface area contributed by atoms with Crippen molar-refractivity contribution in [3.63, 3.8) is 0 Å². The molecule has 3 rings (SSSR count). The summed E-state index contributed by atoms with van der Waals surface area (Å²) in [6, 6.07) is 0. The van der Waals surface area contributed by atoms with E-state index < -0.39 is 0 Å². The van der Waals surface area contributed by atoms with Crippen LogP contribution < -0.4 is 0 Å². The zero-order valence-electron chi connectivity index (χ0n) is 18.2. The fourth-order valence-corrected chi connectivity index (χ4v) is 7.15. The minimum Gasteiger partial charge on any atom is -0.0654 e. The Morgan fingerprint density at radius 1 is 0.500 bits per heavy atom. The monoisotopic (exact) mass is 360 g/mol. The molecule has 3 saturated carbocycles. The fraction of sp³-hybridized carbons (Fsp3) is 1.00. The molecule has 0 saturated heterocycles. The minimum absolute atomic E-state index is 1.08. The number of hydrogen-bond donors (Lipinski definition) is 0. The molecule has 0 aromatic carbocycles. The largest absolute Gasteiger partial charge is 0.0654 e. The predicted molar refractivity (Wildman–Crippen MR) is 115 cm³/mol. The van der Waals surface area contributed by atoms with Crippen LogP contribution in [0, 0.1) is 35.5 Å². The molecule has 3 aliphatic rings. The molecule has 0 aliphatic heterocycles. The highest BCUT2D eigenvalue weighted by molar-refractivity contribution is 4.86. The molecule has 26 heavy (non-hydrogen) atoms. The smallest absolute Gasteiger partial charge is 0.0383 e. The van der Waals surface area contributed by atoms with Crippen molar-refractivity contribution in [1.82, 2.24) is 0 Å². The van der Waals surface area contributed by atoms with Gasteiger partial charge in [0.05, 0.1) is 0 Å². The van der Waals surface area contributed by atoms with E-state index in [1.165, 1.54) is 44.9 Å². The average molecular weight is 361 g/mol. The molecule has 0 heteroatoms. The van der Waals surface area contributed by atoms with Gasteiger partial charge < -0.3 is 0 Å². The summed E-state index contributed by atoms with van der Waals surface area (Å²) in [6.07, 6.45) is 27.7. The summed E-state index contributed by atoms with van der Waals surface area (Å²) in [5.74, 6) is 6.61. The normalized spacial score (nSPS) is 39.0. The minimum atomic E-state index is 1.08. The molecule has 3 fully saturated rings. The lowest BCUT2D eigenvalue weighted by molar-refractivity contribution is 0.0984. The van der Waals surface area contributed by atoms with Gasteiger partial charge >= 0.3 is 0 Å². The van der Waals surface area contributed by atoms with Gasteiger partial charge in [-0.2, -0.15) is 0 Å². The van der Waals surface area contributed by atoms with Gasteiger partial charge in [0.1, 0.15) is 0 Å². The quantitative estimate of drug-likeness (QED) is 0.379. The number of unbranched alkanes of at least 4 members (excludes halogenated alkanes) is 2. The third kappa shape index (κ3) is 6.00. The van der Waals surface area contributed by atoms with Gasteiger partial charge in [0.15, 0.2) is 0 Å². The highest BCUT2D eigenvalue weighted by Gasteiger charge is 2.34. The Kier molecular flexibility index (Phi) is 8.86. The maximum absolute atomic E-state index is 2.38. The molecular formula is C26H48. The van der Waals surface area contributed by atoms with Crippen molar-refractivity contribution in [3.05, 3.63) is 0 Å². The molecular weight excluding hydrogens is 312 g/mol. The van der Waals surface area contributed by atoms with Crippen molar-refractivity contribution in [3.8, 4) is 0 Å². The van der Waals surface area contributed by atoms with Crippen molar-refractivity contribution >= 4 is 0 Å². The second-order valence-corrected chi connectivity index (χ2v) is 10.5. The SMILES string of the molecule is CCCCCC1CCC(C2CCC([C@@H]3CCC[C@H](CCC)C3)CC2)CC1. The van der Waals surface area contributed by atoms with Gasteiger partial charge in [0, 0.05) is 0 Å². The summed E-state index contributed by atoms with van der Waals surface area (Å²) < 4.78 is 0. The highest BCUT2D eigenvalue weighted by atomic mass is 14.4. The van der Waals surface area contributed by atoms with Gasteiger partial charge in [-0.1, -0.05) is 84.5 Å². The Morgan fingerprint density at radius 3 is 1.73 bits per heavy atom. The van der Waals surface area contributed by atoms with Crippen LogP contribution in [0.4, 0.5) is 0 Å². The molecule has 0 unspecified atom stereocenters. The van der Waals surface area contributed by atoms with E-state index in [-0.39, 0.29) is 0 Å². The Hall–Kier alpha value is 0. The zero-order valence-corrected chi connectivity index (χ0v) is 18.2. The van der Waals surface area contributed by atoms with E-state index in [9.17, 15) is 0 Å². The van der Waals surface area contributed by atoms with Crippen LogP contribution in [0.5, 0.6) is 0 Å². The van der Waals surface area contributed by atoms with Crippen LogP contribution in [0.2, 0.25) is 0 Å². The van der Waals surface area contributed by atoms with Crippen molar-refractivity contribution in [2.75, 3.05) is 0 Å². The lowest BCUT2D eigenvalue weighted by atomic mass is 9.64. The zero-order chi connectivity index (χ0) is 18.2. The van der Waals surface area contributed by atoms with Crippen LogP contribution in [0.15, 0.2) is 0 Å². The van der Waals surface area contributed by atoms with E-state index in [1.807, 2.05) is 0 Å². The van der Waals surface area contributed by atoms with Gasteiger partial charge in [-0.3, -0.25) is 0 Å². The molecule has 152 valence electrons. The van der Waals surface area contributed by atoms with Crippen LogP contribution in [0.1, 0.15) is 129 Å². The molecule has 0 nitrogen and oxygen atoms in total. The first-order chi connectivity index (χ1) is 12.8. The summed E-state index contributed by atoms with van der Waals surface area (Å²) in [5, 5.41) is 0. The molecule has 0 bridgehead atoms. The van der Waals surface area contributed by atoms with Gasteiger partial charge in [-0.25, -0.2) is 0 Å². The molecule has 0 spiro atoms. The molecule has 0 amide bonds. The van der Waals surface area contributed by atoms with E-state index >= 15 is 0 Å². The van der Waals surface area contributed by atoms with E-state index in [0.29, 0.717) is 0 Å². The third-order valence-electron chi connectivity index (χ3n) is 8.78. The van der Waals surface area contributed by atoms with Gasteiger partial charge in [-0.05, 0) is 80.5 Å². The first-order valence-electron chi connectivity index (χ1n) is 12.8. The van der Waals surface area contributed by atoms with Gasteiger partial charge in [0.2, 0.25) is 0 Å².